The Kier molecular flexibility index (Phi) is 8.00. The highest BCUT2D eigenvalue weighted by atomic mass is 16.3. The molecule has 78 valence electrons. The number of rotatable bonds is 7. The van der Waals surface area contributed by atoms with Gasteiger partial charge in [-0.15, -0.1) is 0 Å². The first-order chi connectivity index (χ1) is 6.16. The van der Waals surface area contributed by atoms with E-state index in [1.165, 1.54) is 19.3 Å². The average molecular weight is 185 g/mol. The third-order valence-corrected chi connectivity index (χ3v) is 1.98. The van der Waals surface area contributed by atoms with Crippen LogP contribution in [0.2, 0.25) is 0 Å². The van der Waals surface area contributed by atoms with E-state index >= 15 is 0 Å². The largest absolute Gasteiger partial charge is 0.393 e. The van der Waals surface area contributed by atoms with Crippen molar-refractivity contribution >= 4 is 6.21 Å². The molecule has 0 saturated heterocycles. The molecule has 0 aliphatic rings. The predicted octanol–water partition coefficient (Wildman–Crippen LogP) is 2.80. The van der Waals surface area contributed by atoms with Crippen LogP contribution in [0.1, 0.15) is 52.9 Å². The van der Waals surface area contributed by atoms with E-state index in [9.17, 15) is 0 Å². The van der Waals surface area contributed by atoms with Crippen molar-refractivity contribution in [2.24, 2.45) is 4.99 Å². The molecule has 0 aliphatic heterocycles. The van der Waals surface area contributed by atoms with Crippen molar-refractivity contribution in [3.8, 4) is 0 Å². The van der Waals surface area contributed by atoms with Crippen molar-refractivity contribution in [1.82, 2.24) is 0 Å². The zero-order chi connectivity index (χ0) is 10.1. The van der Waals surface area contributed by atoms with Gasteiger partial charge in [0.1, 0.15) is 0 Å². The van der Waals surface area contributed by atoms with Crippen LogP contribution < -0.4 is 0 Å². The van der Waals surface area contributed by atoms with Crippen LogP contribution in [0.5, 0.6) is 0 Å². The lowest BCUT2D eigenvalue weighted by Crippen LogP contribution is -2.09. The van der Waals surface area contributed by atoms with Gasteiger partial charge in [0.2, 0.25) is 0 Å². The van der Waals surface area contributed by atoms with E-state index in [-0.39, 0.29) is 12.1 Å². The van der Waals surface area contributed by atoms with E-state index < -0.39 is 0 Å². The molecule has 0 fully saturated rings. The summed E-state index contributed by atoms with van der Waals surface area (Å²) in [6.45, 7) is 6.05. The number of nitrogens with zero attached hydrogens (tertiary/aromatic N) is 1. The molecule has 0 aromatic carbocycles. The first-order valence-corrected chi connectivity index (χ1v) is 5.36. The summed E-state index contributed by atoms with van der Waals surface area (Å²) in [6, 6.07) is 0.265. The monoisotopic (exact) mass is 185 g/mol. The Bertz CT molecular complexity index is 132. The van der Waals surface area contributed by atoms with Gasteiger partial charge in [0, 0.05) is 6.04 Å². The third kappa shape index (κ3) is 9.54. The van der Waals surface area contributed by atoms with E-state index in [0.29, 0.717) is 0 Å². The number of unbranched alkanes of at least 4 members (excludes halogenated alkanes) is 3. The van der Waals surface area contributed by atoms with E-state index in [1.54, 1.807) is 0 Å². The fraction of sp³-hybridized carbons (Fsp3) is 0.909. The maximum absolute atomic E-state index is 9.09. The van der Waals surface area contributed by atoms with Gasteiger partial charge in [0.15, 0.2) is 0 Å². The molecule has 2 unspecified atom stereocenters. The lowest BCUT2D eigenvalue weighted by Gasteiger charge is -2.07. The minimum absolute atomic E-state index is 0.234. The number of hydrogen-bond acceptors (Lipinski definition) is 2. The quantitative estimate of drug-likeness (QED) is 0.480. The molecule has 0 heterocycles. The summed E-state index contributed by atoms with van der Waals surface area (Å²) >= 11 is 0. The summed E-state index contributed by atoms with van der Waals surface area (Å²) in [6.07, 6.45) is 7.41. The summed E-state index contributed by atoms with van der Waals surface area (Å²) in [4.78, 5) is 4.35. The summed E-state index contributed by atoms with van der Waals surface area (Å²) < 4.78 is 0. The third-order valence-electron chi connectivity index (χ3n) is 1.98. The number of aliphatic hydroxyl groups is 1. The lowest BCUT2D eigenvalue weighted by molar-refractivity contribution is 0.177. The molecule has 0 radical (unpaired) electrons. The molecule has 0 bridgehead atoms. The van der Waals surface area contributed by atoms with Crippen LogP contribution >= 0.6 is 0 Å². The Morgan fingerprint density at radius 3 is 2.54 bits per heavy atom. The molecule has 2 nitrogen and oxygen atoms in total. The maximum Gasteiger partial charge on any atom is 0.0532 e. The molecule has 0 rings (SSSR count). The van der Waals surface area contributed by atoms with Crippen LogP contribution in [0.4, 0.5) is 0 Å². The van der Waals surface area contributed by atoms with Crippen LogP contribution in [0, 0.1) is 0 Å². The molecule has 0 spiro atoms. The van der Waals surface area contributed by atoms with E-state index in [2.05, 4.69) is 11.9 Å². The van der Waals surface area contributed by atoms with Gasteiger partial charge in [-0.05, 0) is 39.3 Å². The van der Waals surface area contributed by atoms with E-state index in [4.69, 9.17) is 5.11 Å². The van der Waals surface area contributed by atoms with Crippen LogP contribution in [-0.2, 0) is 0 Å². The smallest absolute Gasteiger partial charge is 0.0532 e. The highest BCUT2D eigenvalue weighted by Crippen LogP contribution is 2.02. The second-order valence-electron chi connectivity index (χ2n) is 3.76. The Hall–Kier alpha value is -0.370. The van der Waals surface area contributed by atoms with E-state index in [1.807, 2.05) is 20.1 Å². The normalized spacial score (nSPS) is 16.3. The second-order valence-corrected chi connectivity index (χ2v) is 3.76. The van der Waals surface area contributed by atoms with Crippen molar-refractivity contribution in [1.29, 1.82) is 0 Å². The fourth-order valence-electron chi connectivity index (χ4n) is 1.29. The standard InChI is InChI=1S/C11H23NO/c1-4-5-6-7-8-12-10(2)9-11(3)13/h8,10-11,13H,4-7,9H2,1-3H3. The number of aliphatic hydroxyl groups excluding tert-OH is 1. The van der Waals surface area contributed by atoms with Gasteiger partial charge < -0.3 is 5.11 Å². The number of hydrogen-bond donors (Lipinski definition) is 1. The van der Waals surface area contributed by atoms with Crippen molar-refractivity contribution in [3.05, 3.63) is 0 Å². The molecule has 2 atom stereocenters. The zero-order valence-corrected chi connectivity index (χ0v) is 9.16. The minimum Gasteiger partial charge on any atom is -0.393 e. The van der Waals surface area contributed by atoms with Gasteiger partial charge in [0.25, 0.3) is 0 Å². The van der Waals surface area contributed by atoms with Crippen LogP contribution in [-0.4, -0.2) is 23.5 Å². The fourth-order valence-corrected chi connectivity index (χ4v) is 1.29. The van der Waals surface area contributed by atoms with Gasteiger partial charge in [-0.3, -0.25) is 4.99 Å². The summed E-state index contributed by atoms with van der Waals surface area (Å²) in [5.41, 5.74) is 0. The summed E-state index contributed by atoms with van der Waals surface area (Å²) in [5.74, 6) is 0. The molecular formula is C11H23NO. The van der Waals surface area contributed by atoms with Gasteiger partial charge >= 0.3 is 0 Å². The molecular weight excluding hydrogens is 162 g/mol. The molecule has 0 aromatic heterocycles. The van der Waals surface area contributed by atoms with Crippen LogP contribution in [0.25, 0.3) is 0 Å². The van der Waals surface area contributed by atoms with Crippen molar-refractivity contribution < 1.29 is 5.11 Å². The van der Waals surface area contributed by atoms with Gasteiger partial charge in [-0.25, -0.2) is 0 Å². The second kappa shape index (κ2) is 8.24. The van der Waals surface area contributed by atoms with Crippen LogP contribution in [0.15, 0.2) is 4.99 Å². The lowest BCUT2D eigenvalue weighted by atomic mass is 10.1. The zero-order valence-electron chi connectivity index (χ0n) is 9.16. The van der Waals surface area contributed by atoms with Gasteiger partial charge in [0.05, 0.1) is 6.10 Å². The molecule has 2 heteroatoms. The summed E-state index contributed by atoms with van der Waals surface area (Å²) in [5, 5.41) is 9.09. The number of aliphatic imine (C=N–C) groups is 1. The molecule has 0 aromatic rings. The molecule has 0 saturated carbocycles. The molecule has 0 amide bonds. The molecule has 13 heavy (non-hydrogen) atoms. The Morgan fingerprint density at radius 1 is 1.31 bits per heavy atom. The minimum atomic E-state index is -0.234. The molecule has 1 N–H and O–H groups in total. The van der Waals surface area contributed by atoms with Gasteiger partial charge in [-0.2, -0.15) is 0 Å². The molecule has 0 aliphatic carbocycles. The van der Waals surface area contributed by atoms with Crippen molar-refractivity contribution in [3.63, 3.8) is 0 Å². The first-order valence-electron chi connectivity index (χ1n) is 5.36. The maximum atomic E-state index is 9.09. The first kappa shape index (κ1) is 12.6. The SMILES string of the molecule is CCCCCC=NC(C)CC(C)O. The average Bonchev–Trinajstić information content (AvgIpc) is 2.02. The topological polar surface area (TPSA) is 32.6 Å². The Labute approximate surface area is 82.1 Å². The van der Waals surface area contributed by atoms with Crippen molar-refractivity contribution in [2.45, 2.75) is 65.0 Å². The summed E-state index contributed by atoms with van der Waals surface area (Å²) in [7, 11) is 0. The van der Waals surface area contributed by atoms with Crippen molar-refractivity contribution in [2.75, 3.05) is 0 Å². The Balaban J connectivity index is 3.36. The van der Waals surface area contributed by atoms with E-state index in [0.717, 1.165) is 12.8 Å². The predicted molar refractivity (Wildman–Crippen MR) is 58.4 cm³/mol. The Morgan fingerprint density at radius 2 is 2.00 bits per heavy atom. The van der Waals surface area contributed by atoms with Gasteiger partial charge in [-0.1, -0.05) is 19.8 Å². The highest BCUT2D eigenvalue weighted by Gasteiger charge is 2.01. The highest BCUT2D eigenvalue weighted by molar-refractivity contribution is 5.57. The van der Waals surface area contributed by atoms with Crippen LogP contribution in [0.3, 0.4) is 0 Å².